The Bertz CT molecular complexity index is 1260. The molecular weight excluding hydrogens is 447 g/mol. The summed E-state index contributed by atoms with van der Waals surface area (Å²) in [6.07, 6.45) is 0. The third kappa shape index (κ3) is 5.27. The fourth-order valence-corrected chi connectivity index (χ4v) is 5.26. The van der Waals surface area contributed by atoms with Crippen LogP contribution in [0.4, 0.5) is 4.39 Å². The largest absolute Gasteiger partial charge is 0.465 e. The van der Waals surface area contributed by atoms with Crippen molar-refractivity contribution >= 4 is 21.9 Å². The highest BCUT2D eigenvalue weighted by atomic mass is 32.2. The monoisotopic (exact) mass is 470 g/mol. The number of nitrogens with two attached hydrogens (primary N) is 1. The number of amides is 1. The number of ether oxygens (including phenoxy) is 1. The lowest BCUT2D eigenvalue weighted by Gasteiger charge is -2.30. The van der Waals surface area contributed by atoms with Gasteiger partial charge in [-0.3, -0.25) is 4.79 Å². The Morgan fingerprint density at radius 3 is 2.24 bits per heavy atom. The zero-order chi connectivity index (χ0) is 24.2. The Morgan fingerprint density at radius 2 is 1.67 bits per heavy atom. The molecule has 1 amide bonds. The van der Waals surface area contributed by atoms with Gasteiger partial charge in [0.1, 0.15) is 11.9 Å². The average molecular weight is 471 g/mol. The van der Waals surface area contributed by atoms with Crippen LogP contribution in [0.3, 0.4) is 0 Å². The number of sulfonamides is 1. The van der Waals surface area contributed by atoms with Gasteiger partial charge in [0.25, 0.3) is 0 Å². The zero-order valence-electron chi connectivity index (χ0n) is 18.1. The molecule has 33 heavy (non-hydrogen) atoms. The maximum absolute atomic E-state index is 14.0. The van der Waals surface area contributed by atoms with E-state index in [9.17, 15) is 22.4 Å². The first-order chi connectivity index (χ1) is 15.6. The van der Waals surface area contributed by atoms with E-state index in [1.54, 1.807) is 42.5 Å². The average Bonchev–Trinajstić information content (AvgIpc) is 2.80. The van der Waals surface area contributed by atoms with Gasteiger partial charge in [-0.1, -0.05) is 48.5 Å². The van der Waals surface area contributed by atoms with Gasteiger partial charge >= 0.3 is 5.97 Å². The van der Waals surface area contributed by atoms with Crippen molar-refractivity contribution in [1.29, 1.82) is 0 Å². The number of rotatable bonds is 8. The number of carbonyl (C=O) groups excluding carboxylic acids is 2. The summed E-state index contributed by atoms with van der Waals surface area (Å²) in [7, 11) is -3.12. The van der Waals surface area contributed by atoms with E-state index in [0.717, 1.165) is 16.4 Å². The third-order valence-corrected chi connectivity index (χ3v) is 7.08. The van der Waals surface area contributed by atoms with Crippen LogP contribution in [0, 0.1) is 12.7 Å². The van der Waals surface area contributed by atoms with Crippen LogP contribution in [0.1, 0.15) is 33.1 Å². The maximum Gasteiger partial charge on any atom is 0.337 e. The van der Waals surface area contributed by atoms with Crippen molar-refractivity contribution < 1.29 is 27.1 Å². The van der Waals surface area contributed by atoms with E-state index >= 15 is 0 Å². The number of carbonyl (C=O) groups is 2. The number of primary amides is 1. The Morgan fingerprint density at radius 1 is 1.03 bits per heavy atom. The van der Waals surface area contributed by atoms with Gasteiger partial charge in [0.05, 0.1) is 17.6 Å². The molecule has 3 aromatic rings. The summed E-state index contributed by atoms with van der Waals surface area (Å²) in [5.41, 5.74) is 7.13. The van der Waals surface area contributed by atoms with E-state index in [0.29, 0.717) is 16.7 Å². The molecule has 9 heteroatoms. The van der Waals surface area contributed by atoms with Crippen molar-refractivity contribution in [3.05, 3.63) is 101 Å². The van der Waals surface area contributed by atoms with Gasteiger partial charge in [-0.2, -0.15) is 4.31 Å². The van der Waals surface area contributed by atoms with Gasteiger partial charge in [0, 0.05) is 6.54 Å². The number of esters is 1. The molecule has 0 radical (unpaired) electrons. The van der Waals surface area contributed by atoms with E-state index in [1.807, 2.05) is 0 Å². The highest BCUT2D eigenvalue weighted by Gasteiger charge is 2.37. The highest BCUT2D eigenvalue weighted by molar-refractivity contribution is 7.89. The van der Waals surface area contributed by atoms with Crippen molar-refractivity contribution in [2.45, 2.75) is 24.4 Å². The van der Waals surface area contributed by atoms with E-state index in [-0.39, 0.29) is 17.0 Å². The molecule has 0 aromatic heterocycles. The number of hydrogen-bond acceptors (Lipinski definition) is 5. The van der Waals surface area contributed by atoms with E-state index in [2.05, 4.69) is 4.74 Å². The number of halogens is 1. The normalized spacial score (nSPS) is 12.4. The summed E-state index contributed by atoms with van der Waals surface area (Å²) in [6.45, 7) is 1.29. The molecule has 0 aliphatic rings. The quantitative estimate of drug-likeness (QED) is 0.508. The molecule has 3 rings (SSSR count). The van der Waals surface area contributed by atoms with Crippen LogP contribution < -0.4 is 5.73 Å². The zero-order valence-corrected chi connectivity index (χ0v) is 18.9. The molecule has 0 heterocycles. The standard InChI is InChI=1S/C24H23FN2O5S/c1-16-8-13-20(25)14-21(16)33(30,31)27(22(23(26)28)18-6-4-3-5-7-18)15-17-9-11-19(12-10-17)24(29)32-2/h3-14,22H,15H2,1-2H3,(H2,26,28). The molecule has 7 nitrogen and oxygen atoms in total. The molecular formula is C24H23FN2O5S. The van der Waals surface area contributed by atoms with Crippen LogP contribution in [0.5, 0.6) is 0 Å². The summed E-state index contributed by atoms with van der Waals surface area (Å²) < 4.78 is 47.1. The second-order valence-electron chi connectivity index (χ2n) is 7.36. The highest BCUT2D eigenvalue weighted by Crippen LogP contribution is 2.31. The number of methoxy groups -OCH3 is 1. The second-order valence-corrected chi connectivity index (χ2v) is 9.22. The third-order valence-electron chi connectivity index (χ3n) is 5.12. The summed E-state index contributed by atoms with van der Waals surface area (Å²) in [5, 5.41) is 0. The molecule has 0 aliphatic carbocycles. The number of aryl methyl sites for hydroxylation is 1. The van der Waals surface area contributed by atoms with Crippen LogP contribution in [-0.4, -0.2) is 31.7 Å². The van der Waals surface area contributed by atoms with Crippen molar-refractivity contribution in [3.8, 4) is 0 Å². The summed E-state index contributed by atoms with van der Waals surface area (Å²) in [4.78, 5) is 24.0. The Kier molecular flexibility index (Phi) is 7.25. The minimum atomic E-state index is -4.38. The lowest BCUT2D eigenvalue weighted by molar-refractivity contribution is -0.122. The van der Waals surface area contributed by atoms with Gasteiger partial charge < -0.3 is 10.5 Å². The lowest BCUT2D eigenvalue weighted by Crippen LogP contribution is -2.41. The predicted octanol–water partition coefficient (Wildman–Crippen LogP) is 3.34. The van der Waals surface area contributed by atoms with Gasteiger partial charge in [0.15, 0.2) is 0 Å². The van der Waals surface area contributed by atoms with Crippen molar-refractivity contribution in [2.75, 3.05) is 7.11 Å². The number of benzene rings is 3. The Hall–Kier alpha value is -3.56. The van der Waals surface area contributed by atoms with Gasteiger partial charge in [-0.05, 0) is 47.9 Å². The van der Waals surface area contributed by atoms with Gasteiger partial charge in [0.2, 0.25) is 15.9 Å². The van der Waals surface area contributed by atoms with Crippen LogP contribution in [0.15, 0.2) is 77.7 Å². The van der Waals surface area contributed by atoms with E-state index < -0.39 is 33.8 Å². The molecule has 0 aliphatic heterocycles. The molecule has 1 unspecified atom stereocenters. The first-order valence-electron chi connectivity index (χ1n) is 9.94. The molecule has 0 saturated heterocycles. The number of hydrogen-bond donors (Lipinski definition) is 1. The fraction of sp³-hybridized carbons (Fsp3) is 0.167. The van der Waals surface area contributed by atoms with Gasteiger partial charge in [-0.15, -0.1) is 0 Å². The first kappa shape index (κ1) is 24.1. The van der Waals surface area contributed by atoms with Crippen molar-refractivity contribution in [3.63, 3.8) is 0 Å². The smallest absolute Gasteiger partial charge is 0.337 e. The van der Waals surface area contributed by atoms with Crippen LogP contribution in [-0.2, 0) is 26.1 Å². The van der Waals surface area contributed by atoms with Gasteiger partial charge in [-0.25, -0.2) is 17.6 Å². The molecule has 0 spiro atoms. The minimum absolute atomic E-state index is 0.248. The molecule has 1 atom stereocenters. The second kappa shape index (κ2) is 9.93. The Labute approximate surface area is 191 Å². The summed E-state index contributed by atoms with van der Waals surface area (Å²) in [5.74, 6) is -2.15. The predicted molar refractivity (Wildman–Crippen MR) is 120 cm³/mol. The van der Waals surface area contributed by atoms with Crippen molar-refractivity contribution in [2.24, 2.45) is 5.73 Å². The lowest BCUT2D eigenvalue weighted by atomic mass is 10.1. The maximum atomic E-state index is 14.0. The van der Waals surface area contributed by atoms with Crippen LogP contribution in [0.25, 0.3) is 0 Å². The topological polar surface area (TPSA) is 107 Å². The molecule has 0 bridgehead atoms. The van der Waals surface area contributed by atoms with Crippen LogP contribution in [0.2, 0.25) is 0 Å². The summed E-state index contributed by atoms with van der Waals surface area (Å²) in [6, 6.07) is 16.4. The Balaban J connectivity index is 2.14. The summed E-state index contributed by atoms with van der Waals surface area (Å²) >= 11 is 0. The molecule has 172 valence electrons. The van der Waals surface area contributed by atoms with E-state index in [4.69, 9.17) is 5.73 Å². The molecule has 2 N–H and O–H groups in total. The minimum Gasteiger partial charge on any atom is -0.465 e. The molecule has 3 aromatic carbocycles. The van der Waals surface area contributed by atoms with E-state index in [1.165, 1.54) is 32.2 Å². The number of nitrogens with zero attached hydrogens (tertiary/aromatic N) is 1. The van der Waals surface area contributed by atoms with Crippen LogP contribution >= 0.6 is 0 Å². The van der Waals surface area contributed by atoms with Crippen molar-refractivity contribution in [1.82, 2.24) is 4.31 Å². The first-order valence-corrected chi connectivity index (χ1v) is 11.4. The molecule has 0 fully saturated rings. The fourth-order valence-electron chi connectivity index (χ4n) is 3.45. The molecule has 0 saturated carbocycles. The SMILES string of the molecule is COC(=O)c1ccc(CN(C(C(N)=O)c2ccccc2)S(=O)(=O)c2cc(F)ccc2C)cc1.